The first-order chi connectivity index (χ1) is 8.79. The highest BCUT2D eigenvalue weighted by Crippen LogP contribution is 2.44. The minimum Gasteiger partial charge on any atom is -0.392 e. The lowest BCUT2D eigenvalue weighted by Crippen LogP contribution is -2.44. The molecule has 1 spiro atoms. The molecule has 1 N–H and O–H groups in total. The summed E-state index contributed by atoms with van der Waals surface area (Å²) in [5.74, 6) is 1.74. The van der Waals surface area contributed by atoms with Crippen molar-refractivity contribution in [2.24, 2.45) is 5.92 Å². The van der Waals surface area contributed by atoms with Crippen molar-refractivity contribution in [2.75, 3.05) is 12.4 Å². The Balaban J connectivity index is 1.60. The number of hydrogen-bond donors (Lipinski definition) is 1. The largest absolute Gasteiger partial charge is 0.392 e. The van der Waals surface area contributed by atoms with Crippen LogP contribution in [-0.4, -0.2) is 34.4 Å². The van der Waals surface area contributed by atoms with Crippen LogP contribution in [0.2, 0.25) is 0 Å². The summed E-state index contributed by atoms with van der Waals surface area (Å²) in [5, 5.41) is 11.2. The number of aliphatic hydroxyl groups excluding tert-OH is 1. The monoisotopic (exact) mass is 270 g/mol. The molecule has 1 aliphatic carbocycles. The molecular weight excluding hydrogens is 244 g/mol. The summed E-state index contributed by atoms with van der Waals surface area (Å²) < 4.78 is 6.08. The van der Waals surface area contributed by atoms with Crippen LogP contribution >= 0.6 is 11.8 Å². The quantitative estimate of drug-likeness (QED) is 0.834. The molecule has 2 saturated heterocycles. The minimum absolute atomic E-state index is 0.0864. The molecule has 3 fully saturated rings. The second-order valence-electron chi connectivity index (χ2n) is 6.39. The predicted octanol–water partition coefficient (Wildman–Crippen LogP) is 3.37. The third kappa shape index (κ3) is 2.73. The van der Waals surface area contributed by atoms with Crippen molar-refractivity contribution in [2.45, 2.75) is 74.7 Å². The van der Waals surface area contributed by atoms with Crippen LogP contribution in [0.1, 0.15) is 57.8 Å². The van der Waals surface area contributed by atoms with E-state index in [9.17, 15) is 5.11 Å². The van der Waals surface area contributed by atoms with Crippen LogP contribution in [0.3, 0.4) is 0 Å². The zero-order valence-corrected chi connectivity index (χ0v) is 12.1. The van der Waals surface area contributed by atoms with Gasteiger partial charge in [-0.1, -0.05) is 19.3 Å². The van der Waals surface area contributed by atoms with Gasteiger partial charge in [-0.15, -0.1) is 0 Å². The Labute approximate surface area is 115 Å². The molecule has 18 heavy (non-hydrogen) atoms. The Kier molecular flexibility index (Phi) is 4.21. The van der Waals surface area contributed by atoms with E-state index in [4.69, 9.17) is 4.74 Å². The van der Waals surface area contributed by atoms with Crippen LogP contribution < -0.4 is 0 Å². The van der Waals surface area contributed by atoms with Crippen molar-refractivity contribution >= 4 is 11.8 Å². The van der Waals surface area contributed by atoms with Gasteiger partial charge in [0.2, 0.25) is 0 Å². The van der Waals surface area contributed by atoms with Crippen molar-refractivity contribution in [1.29, 1.82) is 0 Å². The lowest BCUT2D eigenvalue weighted by molar-refractivity contribution is -0.112. The average molecular weight is 270 g/mol. The summed E-state index contributed by atoms with van der Waals surface area (Å²) in [6.45, 7) is 0.874. The van der Waals surface area contributed by atoms with E-state index in [1.54, 1.807) is 0 Å². The molecule has 0 bridgehead atoms. The molecule has 2 heterocycles. The van der Waals surface area contributed by atoms with Crippen molar-refractivity contribution in [1.82, 2.24) is 0 Å². The zero-order valence-electron chi connectivity index (χ0n) is 11.3. The van der Waals surface area contributed by atoms with Gasteiger partial charge in [-0.25, -0.2) is 0 Å². The van der Waals surface area contributed by atoms with Crippen LogP contribution in [-0.2, 0) is 4.74 Å². The molecule has 2 aliphatic heterocycles. The maximum absolute atomic E-state index is 10.7. The molecule has 2 nitrogen and oxygen atoms in total. The van der Waals surface area contributed by atoms with Crippen LogP contribution in [0.5, 0.6) is 0 Å². The van der Waals surface area contributed by atoms with E-state index < -0.39 is 0 Å². The van der Waals surface area contributed by atoms with Gasteiger partial charge in [-0.2, -0.15) is 11.8 Å². The first-order valence-corrected chi connectivity index (χ1v) is 8.78. The SMILES string of the molecule is OC(C1CCOC2(CCCC2)C1)C1CCCCS1. The zero-order chi connectivity index (χ0) is 12.4. The molecule has 3 atom stereocenters. The van der Waals surface area contributed by atoms with E-state index >= 15 is 0 Å². The smallest absolute Gasteiger partial charge is 0.0688 e. The van der Waals surface area contributed by atoms with Gasteiger partial charge < -0.3 is 9.84 Å². The Bertz CT molecular complexity index is 270. The van der Waals surface area contributed by atoms with Gasteiger partial charge in [0.05, 0.1) is 11.7 Å². The minimum atomic E-state index is -0.0864. The van der Waals surface area contributed by atoms with E-state index in [1.165, 1.54) is 50.7 Å². The summed E-state index contributed by atoms with van der Waals surface area (Å²) in [6, 6.07) is 0. The Morgan fingerprint density at radius 1 is 1.11 bits per heavy atom. The molecular formula is C15H26O2S. The fraction of sp³-hybridized carbons (Fsp3) is 1.00. The highest BCUT2D eigenvalue weighted by molar-refractivity contribution is 8.00. The standard InChI is InChI=1S/C15H26O2S/c16-14(13-5-1-4-10-18-13)12-6-9-17-15(11-12)7-2-3-8-15/h12-14,16H,1-11H2. The molecule has 0 aromatic heterocycles. The van der Waals surface area contributed by atoms with Gasteiger partial charge in [0.1, 0.15) is 0 Å². The normalized spacial score (nSPS) is 37.8. The predicted molar refractivity (Wildman–Crippen MR) is 76.0 cm³/mol. The van der Waals surface area contributed by atoms with E-state index in [2.05, 4.69) is 0 Å². The number of hydrogen-bond acceptors (Lipinski definition) is 3. The lowest BCUT2D eigenvalue weighted by Gasteiger charge is -2.42. The molecule has 3 aliphatic rings. The first kappa shape index (κ1) is 13.3. The fourth-order valence-corrected chi connectivity index (χ4v) is 5.49. The summed E-state index contributed by atoms with van der Waals surface area (Å²) in [4.78, 5) is 0. The van der Waals surface area contributed by atoms with Crippen molar-refractivity contribution < 1.29 is 9.84 Å². The molecule has 0 radical (unpaired) electrons. The molecule has 104 valence electrons. The fourth-order valence-electron chi connectivity index (χ4n) is 4.06. The highest BCUT2D eigenvalue weighted by atomic mass is 32.2. The van der Waals surface area contributed by atoms with Gasteiger partial charge in [0.25, 0.3) is 0 Å². The summed E-state index contributed by atoms with van der Waals surface area (Å²) in [5.41, 5.74) is 0.156. The third-order valence-electron chi connectivity index (χ3n) is 5.12. The average Bonchev–Trinajstić information content (AvgIpc) is 2.87. The molecule has 3 unspecified atom stereocenters. The maximum Gasteiger partial charge on any atom is 0.0688 e. The first-order valence-electron chi connectivity index (χ1n) is 7.73. The topological polar surface area (TPSA) is 29.5 Å². The molecule has 0 aromatic rings. The van der Waals surface area contributed by atoms with Gasteiger partial charge in [-0.3, -0.25) is 0 Å². The van der Waals surface area contributed by atoms with Gasteiger partial charge >= 0.3 is 0 Å². The number of rotatable bonds is 2. The Hall–Kier alpha value is 0.270. The van der Waals surface area contributed by atoms with Crippen LogP contribution in [0.4, 0.5) is 0 Å². The van der Waals surface area contributed by atoms with E-state index in [1.807, 2.05) is 11.8 Å². The third-order valence-corrected chi connectivity index (χ3v) is 6.59. The second kappa shape index (κ2) is 5.72. The van der Waals surface area contributed by atoms with E-state index in [0.717, 1.165) is 19.4 Å². The van der Waals surface area contributed by atoms with Crippen LogP contribution in [0.25, 0.3) is 0 Å². The summed E-state index contributed by atoms with van der Waals surface area (Å²) in [7, 11) is 0. The van der Waals surface area contributed by atoms with Crippen molar-refractivity contribution in [3.8, 4) is 0 Å². The van der Waals surface area contributed by atoms with Gasteiger partial charge in [0.15, 0.2) is 0 Å². The number of aliphatic hydroxyl groups is 1. The number of ether oxygens (including phenoxy) is 1. The van der Waals surface area contributed by atoms with E-state index in [0.29, 0.717) is 11.2 Å². The summed E-state index contributed by atoms with van der Waals surface area (Å²) in [6.07, 6.45) is 11.1. The summed E-state index contributed by atoms with van der Waals surface area (Å²) >= 11 is 2.01. The van der Waals surface area contributed by atoms with E-state index in [-0.39, 0.29) is 11.7 Å². The van der Waals surface area contributed by atoms with Crippen molar-refractivity contribution in [3.05, 3.63) is 0 Å². The molecule has 0 aromatic carbocycles. The molecule has 3 heteroatoms. The van der Waals surface area contributed by atoms with Crippen LogP contribution in [0.15, 0.2) is 0 Å². The van der Waals surface area contributed by atoms with Gasteiger partial charge in [-0.05, 0) is 50.2 Å². The lowest BCUT2D eigenvalue weighted by atomic mass is 9.80. The van der Waals surface area contributed by atoms with Crippen molar-refractivity contribution in [3.63, 3.8) is 0 Å². The highest BCUT2D eigenvalue weighted by Gasteiger charge is 2.43. The van der Waals surface area contributed by atoms with Crippen LogP contribution in [0, 0.1) is 5.92 Å². The number of thioether (sulfide) groups is 1. The molecule has 3 rings (SSSR count). The second-order valence-corrected chi connectivity index (χ2v) is 7.73. The van der Waals surface area contributed by atoms with Gasteiger partial charge in [0, 0.05) is 11.9 Å². The Morgan fingerprint density at radius 3 is 2.67 bits per heavy atom. The molecule has 0 amide bonds. The molecule has 1 saturated carbocycles. The Morgan fingerprint density at radius 2 is 1.94 bits per heavy atom. The maximum atomic E-state index is 10.7.